The molecule has 2 aromatic rings. The van der Waals surface area contributed by atoms with Crippen LogP contribution >= 0.6 is 28.1 Å². The Hall–Kier alpha value is -2.12. The van der Waals surface area contributed by atoms with Crippen LogP contribution in [0, 0.1) is 5.92 Å². The zero-order chi connectivity index (χ0) is 17.6. The zero-order valence-corrected chi connectivity index (χ0v) is 15.8. The molecule has 1 amide bonds. The number of thiocarbonyl (C=S) groups is 1. The van der Waals surface area contributed by atoms with Crippen LogP contribution in [-0.4, -0.2) is 16.7 Å². The maximum absolute atomic E-state index is 13.1. The summed E-state index contributed by atoms with van der Waals surface area (Å²) in [4.78, 5) is 13.1. The molecule has 2 aliphatic rings. The number of rotatable bonds is 2. The summed E-state index contributed by atoms with van der Waals surface area (Å²) < 4.78 is 7.09. The van der Waals surface area contributed by atoms with E-state index in [1.807, 2.05) is 55.5 Å². The Kier molecular flexibility index (Phi) is 3.92. The molecule has 128 valence electrons. The van der Waals surface area contributed by atoms with E-state index in [0.29, 0.717) is 5.11 Å². The highest BCUT2D eigenvalue weighted by Crippen LogP contribution is 2.45. The molecule has 0 radical (unpaired) electrons. The number of carbonyl (C=O) groups is 1. The number of nitrogens with one attached hydrogen (secondary N) is 3. The third-order valence-electron chi connectivity index (χ3n) is 4.53. The molecular weight excluding hydrogens is 402 g/mol. The van der Waals surface area contributed by atoms with Gasteiger partial charge in [-0.3, -0.25) is 4.79 Å². The van der Waals surface area contributed by atoms with Crippen LogP contribution in [-0.2, 0) is 4.79 Å². The van der Waals surface area contributed by atoms with Gasteiger partial charge < -0.3 is 20.7 Å². The predicted octanol–water partition coefficient (Wildman–Crippen LogP) is 3.33. The Balaban J connectivity index is 1.74. The van der Waals surface area contributed by atoms with E-state index in [1.54, 1.807) is 0 Å². The third-order valence-corrected chi connectivity index (χ3v) is 5.24. The van der Waals surface area contributed by atoms with Crippen LogP contribution in [0.15, 0.2) is 53.0 Å². The van der Waals surface area contributed by atoms with Gasteiger partial charge in [-0.2, -0.15) is 0 Å². The normalized spacial score (nSPS) is 26.6. The molecule has 4 rings (SSSR count). The van der Waals surface area contributed by atoms with Gasteiger partial charge in [-0.1, -0.05) is 34.1 Å². The second-order valence-electron chi connectivity index (χ2n) is 6.30. The van der Waals surface area contributed by atoms with Gasteiger partial charge in [0.2, 0.25) is 5.91 Å². The van der Waals surface area contributed by atoms with Crippen molar-refractivity contribution in [3.05, 3.63) is 58.6 Å². The van der Waals surface area contributed by atoms with Gasteiger partial charge in [0.25, 0.3) is 0 Å². The van der Waals surface area contributed by atoms with Gasteiger partial charge in [0.15, 0.2) is 10.8 Å². The van der Waals surface area contributed by atoms with E-state index in [2.05, 4.69) is 31.9 Å². The Morgan fingerprint density at radius 1 is 1.28 bits per heavy atom. The summed E-state index contributed by atoms with van der Waals surface area (Å²) in [6.45, 7) is 1.85. The van der Waals surface area contributed by atoms with Gasteiger partial charge in [0.1, 0.15) is 11.7 Å². The molecule has 0 saturated carbocycles. The molecule has 0 aromatic heterocycles. The number of fused-ring (bicyclic) bond motifs is 4. The maximum atomic E-state index is 13.1. The standard InChI is InChI=1S/C18H16BrN3O2S/c1-18-14(16(23)20-11-5-3-2-4-6-11)15(21-17(25)22-18)12-9-10(19)7-8-13(12)24-18/h2-9,14-15H,1H3,(H,20,23)(H2,21,22,25)/t14-,15+,18-/m1/s1. The molecule has 7 heteroatoms. The smallest absolute Gasteiger partial charge is 0.236 e. The minimum absolute atomic E-state index is 0.133. The number of carbonyl (C=O) groups excluding carboxylic acids is 1. The number of anilines is 1. The van der Waals surface area contributed by atoms with Crippen LogP contribution in [0.3, 0.4) is 0 Å². The summed E-state index contributed by atoms with van der Waals surface area (Å²) in [5.41, 5.74) is 0.730. The third kappa shape index (κ3) is 2.87. The molecule has 2 bridgehead atoms. The molecule has 2 heterocycles. The number of ether oxygens (including phenoxy) is 1. The summed E-state index contributed by atoms with van der Waals surface area (Å²) in [5.74, 6) is 0.106. The second kappa shape index (κ2) is 6.00. The molecule has 0 unspecified atom stereocenters. The van der Waals surface area contributed by atoms with E-state index in [0.717, 1.165) is 21.5 Å². The fourth-order valence-electron chi connectivity index (χ4n) is 3.45. The van der Waals surface area contributed by atoms with Crippen molar-refractivity contribution in [3.63, 3.8) is 0 Å². The fraction of sp³-hybridized carbons (Fsp3) is 0.222. The number of benzene rings is 2. The average Bonchev–Trinajstić information content (AvgIpc) is 2.55. The lowest BCUT2D eigenvalue weighted by atomic mass is 9.80. The minimum atomic E-state index is -0.924. The first-order valence-corrected chi connectivity index (χ1v) is 9.09. The highest BCUT2D eigenvalue weighted by atomic mass is 79.9. The highest BCUT2D eigenvalue weighted by molar-refractivity contribution is 9.10. The Labute approximate surface area is 159 Å². The highest BCUT2D eigenvalue weighted by Gasteiger charge is 2.54. The molecule has 3 N–H and O–H groups in total. The minimum Gasteiger partial charge on any atom is -0.467 e. The van der Waals surface area contributed by atoms with Gasteiger partial charge in [-0.05, 0) is 49.5 Å². The Morgan fingerprint density at radius 2 is 2.04 bits per heavy atom. The van der Waals surface area contributed by atoms with Crippen LogP contribution in [0.2, 0.25) is 0 Å². The van der Waals surface area contributed by atoms with E-state index in [9.17, 15) is 4.79 Å². The SMILES string of the molecule is C[C@@]12NC(=S)N[C@@H](c3cc(Br)ccc3O1)[C@@H]2C(=O)Nc1ccccc1. The molecule has 3 atom stereocenters. The Morgan fingerprint density at radius 3 is 2.80 bits per heavy atom. The number of para-hydroxylation sites is 1. The molecule has 2 aromatic carbocycles. The van der Waals surface area contributed by atoms with Gasteiger partial charge in [-0.15, -0.1) is 0 Å². The summed E-state index contributed by atoms with van der Waals surface area (Å²) >= 11 is 8.80. The molecule has 0 spiro atoms. The lowest BCUT2D eigenvalue weighted by molar-refractivity contribution is -0.132. The fourth-order valence-corrected chi connectivity index (χ4v) is 4.16. The second-order valence-corrected chi connectivity index (χ2v) is 7.62. The average molecular weight is 418 g/mol. The van der Waals surface area contributed by atoms with Crippen LogP contribution in [0.1, 0.15) is 18.5 Å². The van der Waals surface area contributed by atoms with E-state index in [4.69, 9.17) is 17.0 Å². The number of amides is 1. The number of hydrogen-bond acceptors (Lipinski definition) is 3. The van der Waals surface area contributed by atoms with Crippen molar-refractivity contribution in [1.29, 1.82) is 0 Å². The van der Waals surface area contributed by atoms with E-state index in [1.165, 1.54) is 0 Å². The van der Waals surface area contributed by atoms with Crippen molar-refractivity contribution in [3.8, 4) is 5.75 Å². The lowest BCUT2D eigenvalue weighted by Crippen LogP contribution is -2.70. The Bertz CT molecular complexity index is 861. The monoisotopic (exact) mass is 417 g/mol. The summed E-state index contributed by atoms with van der Waals surface area (Å²) in [6, 6.07) is 14.9. The molecule has 5 nitrogen and oxygen atoms in total. The van der Waals surface area contributed by atoms with Gasteiger partial charge in [-0.25, -0.2) is 0 Å². The number of hydrogen-bond donors (Lipinski definition) is 3. The van der Waals surface area contributed by atoms with Gasteiger partial charge in [0, 0.05) is 15.7 Å². The van der Waals surface area contributed by atoms with Crippen LogP contribution < -0.4 is 20.7 Å². The molecular formula is C18H16BrN3O2S. The maximum Gasteiger partial charge on any atom is 0.236 e. The lowest BCUT2D eigenvalue weighted by Gasteiger charge is -2.50. The van der Waals surface area contributed by atoms with Crippen LogP contribution in [0.4, 0.5) is 5.69 Å². The van der Waals surface area contributed by atoms with Crippen LogP contribution in [0.5, 0.6) is 5.75 Å². The molecule has 0 aliphatic carbocycles. The molecule has 25 heavy (non-hydrogen) atoms. The summed E-state index contributed by atoms with van der Waals surface area (Å²) in [7, 11) is 0. The van der Waals surface area contributed by atoms with Crippen molar-refractivity contribution in [1.82, 2.24) is 10.6 Å². The van der Waals surface area contributed by atoms with E-state index < -0.39 is 11.6 Å². The summed E-state index contributed by atoms with van der Waals surface area (Å²) in [6.07, 6.45) is 0. The van der Waals surface area contributed by atoms with Gasteiger partial charge in [0.05, 0.1) is 6.04 Å². The molecule has 1 saturated heterocycles. The topological polar surface area (TPSA) is 62.4 Å². The predicted molar refractivity (Wildman–Crippen MR) is 103 cm³/mol. The van der Waals surface area contributed by atoms with Crippen molar-refractivity contribution in [2.24, 2.45) is 5.92 Å². The molecule has 2 aliphatic heterocycles. The largest absolute Gasteiger partial charge is 0.467 e. The first-order chi connectivity index (χ1) is 12.0. The van der Waals surface area contributed by atoms with Crippen molar-refractivity contribution in [2.45, 2.75) is 18.7 Å². The van der Waals surface area contributed by atoms with Crippen molar-refractivity contribution < 1.29 is 9.53 Å². The van der Waals surface area contributed by atoms with E-state index >= 15 is 0 Å². The van der Waals surface area contributed by atoms with Gasteiger partial charge >= 0.3 is 0 Å². The van der Waals surface area contributed by atoms with Crippen molar-refractivity contribution >= 4 is 44.9 Å². The molecule has 1 fully saturated rings. The van der Waals surface area contributed by atoms with E-state index in [-0.39, 0.29) is 11.9 Å². The first-order valence-electron chi connectivity index (χ1n) is 7.89. The van der Waals surface area contributed by atoms with Crippen molar-refractivity contribution in [2.75, 3.05) is 5.32 Å². The number of halogens is 1. The quantitative estimate of drug-likeness (QED) is 0.654. The summed E-state index contributed by atoms with van der Waals surface area (Å²) in [5, 5.41) is 9.80. The zero-order valence-electron chi connectivity index (χ0n) is 13.4. The van der Waals surface area contributed by atoms with Crippen LogP contribution in [0.25, 0.3) is 0 Å². The first kappa shape index (κ1) is 16.4.